The lowest BCUT2D eigenvalue weighted by atomic mass is 9.99. The van der Waals surface area contributed by atoms with Crippen LogP contribution in [0.25, 0.3) is 0 Å². The molecule has 1 aromatic rings. The fourth-order valence-electron chi connectivity index (χ4n) is 2.38. The van der Waals surface area contributed by atoms with Crippen LogP contribution in [0.15, 0.2) is 10.5 Å². The Hall–Kier alpha value is -0.680. The maximum atomic E-state index is 5.11. The zero-order valence-electron chi connectivity index (χ0n) is 10.3. The summed E-state index contributed by atoms with van der Waals surface area (Å²) in [5.74, 6) is 0.549. The molecule has 5 heteroatoms. The molecule has 1 atom stereocenters. The standard InChI is InChI=1S/C12H18BrN3O/c1-3-16-7-5-4-6-11(16)10-8-9(13)12(17-2)15-14-10/h8,11H,3-7H2,1-2H3. The first kappa shape index (κ1) is 12.8. The van der Waals surface area contributed by atoms with Crippen LogP contribution in [0, 0.1) is 0 Å². The molecule has 4 nitrogen and oxygen atoms in total. The van der Waals surface area contributed by atoms with E-state index in [1.807, 2.05) is 6.07 Å². The van der Waals surface area contributed by atoms with Crippen LogP contribution in [0.3, 0.4) is 0 Å². The molecule has 1 aliphatic rings. The van der Waals surface area contributed by atoms with Crippen molar-refractivity contribution >= 4 is 15.9 Å². The highest BCUT2D eigenvalue weighted by atomic mass is 79.9. The van der Waals surface area contributed by atoms with Crippen LogP contribution in [0.2, 0.25) is 0 Å². The van der Waals surface area contributed by atoms with E-state index in [1.54, 1.807) is 7.11 Å². The van der Waals surface area contributed by atoms with E-state index in [2.05, 4.69) is 38.0 Å². The van der Waals surface area contributed by atoms with Crippen LogP contribution in [0.5, 0.6) is 5.88 Å². The van der Waals surface area contributed by atoms with Crippen molar-refractivity contribution < 1.29 is 4.74 Å². The molecule has 0 aromatic carbocycles. The molecule has 0 saturated carbocycles. The summed E-state index contributed by atoms with van der Waals surface area (Å²) in [6.45, 7) is 4.42. The Morgan fingerprint density at radius 2 is 2.29 bits per heavy atom. The third-order valence-corrected chi connectivity index (χ3v) is 3.86. The number of nitrogens with zero attached hydrogens (tertiary/aromatic N) is 3. The zero-order chi connectivity index (χ0) is 12.3. The van der Waals surface area contributed by atoms with Gasteiger partial charge in [0.1, 0.15) is 0 Å². The number of hydrogen-bond donors (Lipinski definition) is 0. The largest absolute Gasteiger partial charge is 0.479 e. The second kappa shape index (κ2) is 5.78. The monoisotopic (exact) mass is 299 g/mol. The molecule has 0 amide bonds. The molecule has 0 spiro atoms. The summed E-state index contributed by atoms with van der Waals surface area (Å²) in [5, 5.41) is 8.38. The fourth-order valence-corrected chi connectivity index (χ4v) is 2.85. The molecule has 0 N–H and O–H groups in total. The van der Waals surface area contributed by atoms with Crippen LogP contribution in [-0.4, -0.2) is 35.3 Å². The Morgan fingerprint density at radius 1 is 1.47 bits per heavy atom. The smallest absolute Gasteiger partial charge is 0.247 e. The lowest BCUT2D eigenvalue weighted by molar-refractivity contribution is 0.152. The van der Waals surface area contributed by atoms with Crippen molar-refractivity contribution in [1.29, 1.82) is 0 Å². The quantitative estimate of drug-likeness (QED) is 0.860. The Balaban J connectivity index is 2.23. The van der Waals surface area contributed by atoms with Gasteiger partial charge in [0.25, 0.3) is 0 Å². The Morgan fingerprint density at radius 3 is 2.94 bits per heavy atom. The van der Waals surface area contributed by atoms with E-state index in [9.17, 15) is 0 Å². The number of ether oxygens (including phenoxy) is 1. The molecule has 1 aromatic heterocycles. The van der Waals surface area contributed by atoms with Crippen molar-refractivity contribution in [2.75, 3.05) is 20.2 Å². The summed E-state index contributed by atoms with van der Waals surface area (Å²) in [6, 6.07) is 2.44. The minimum Gasteiger partial charge on any atom is -0.479 e. The average Bonchev–Trinajstić information content (AvgIpc) is 2.38. The van der Waals surface area contributed by atoms with Gasteiger partial charge in [-0.05, 0) is 47.9 Å². The molecule has 2 rings (SSSR count). The molecule has 2 heterocycles. The van der Waals surface area contributed by atoms with Gasteiger partial charge in [-0.1, -0.05) is 13.3 Å². The van der Waals surface area contributed by atoms with Gasteiger partial charge in [0.15, 0.2) is 0 Å². The topological polar surface area (TPSA) is 38.2 Å². The molecule has 0 aliphatic carbocycles. The lowest BCUT2D eigenvalue weighted by Crippen LogP contribution is -2.33. The second-order valence-electron chi connectivity index (χ2n) is 4.27. The average molecular weight is 300 g/mol. The van der Waals surface area contributed by atoms with Crippen LogP contribution >= 0.6 is 15.9 Å². The van der Waals surface area contributed by atoms with E-state index in [1.165, 1.54) is 19.3 Å². The van der Waals surface area contributed by atoms with Gasteiger partial charge in [0.05, 0.1) is 23.3 Å². The molecule has 1 saturated heterocycles. The molecule has 17 heavy (non-hydrogen) atoms. The van der Waals surface area contributed by atoms with E-state index in [0.29, 0.717) is 11.9 Å². The SMILES string of the molecule is CCN1CCCCC1c1cc(Br)c(OC)nn1. The predicted octanol–water partition coefficient (Wildman–Crippen LogP) is 2.79. The predicted molar refractivity (Wildman–Crippen MR) is 70.1 cm³/mol. The summed E-state index contributed by atoms with van der Waals surface area (Å²) in [5.41, 5.74) is 1.04. The molecule has 1 fully saturated rings. The molecule has 94 valence electrons. The van der Waals surface area contributed by atoms with Gasteiger partial charge in [0, 0.05) is 0 Å². The number of hydrogen-bond acceptors (Lipinski definition) is 4. The number of aromatic nitrogens is 2. The van der Waals surface area contributed by atoms with Crippen molar-refractivity contribution in [3.63, 3.8) is 0 Å². The third kappa shape index (κ3) is 2.77. The Bertz CT molecular complexity index is 386. The van der Waals surface area contributed by atoms with Gasteiger partial charge < -0.3 is 4.74 Å². The van der Waals surface area contributed by atoms with Crippen LogP contribution in [-0.2, 0) is 0 Å². The Kier molecular flexibility index (Phi) is 4.34. The summed E-state index contributed by atoms with van der Waals surface area (Å²) >= 11 is 3.47. The highest BCUT2D eigenvalue weighted by Crippen LogP contribution is 2.32. The normalized spacial score (nSPS) is 21.5. The van der Waals surface area contributed by atoms with E-state index in [0.717, 1.165) is 23.3 Å². The third-order valence-electron chi connectivity index (χ3n) is 3.29. The molecular formula is C12H18BrN3O. The van der Waals surface area contributed by atoms with E-state index < -0.39 is 0 Å². The summed E-state index contributed by atoms with van der Waals surface area (Å²) in [6.07, 6.45) is 3.73. The first-order valence-corrected chi connectivity index (χ1v) is 6.86. The van der Waals surface area contributed by atoms with Gasteiger partial charge in [0.2, 0.25) is 5.88 Å². The first-order valence-electron chi connectivity index (χ1n) is 6.07. The number of methoxy groups -OCH3 is 1. The maximum Gasteiger partial charge on any atom is 0.247 e. The van der Waals surface area contributed by atoms with Crippen molar-refractivity contribution in [2.45, 2.75) is 32.2 Å². The summed E-state index contributed by atoms with van der Waals surface area (Å²) in [7, 11) is 1.60. The molecule has 1 aliphatic heterocycles. The zero-order valence-corrected chi connectivity index (χ0v) is 11.9. The van der Waals surface area contributed by atoms with Crippen molar-refractivity contribution in [3.8, 4) is 5.88 Å². The minimum absolute atomic E-state index is 0.406. The highest BCUT2D eigenvalue weighted by Gasteiger charge is 2.24. The minimum atomic E-state index is 0.406. The van der Waals surface area contributed by atoms with E-state index in [4.69, 9.17) is 4.74 Å². The van der Waals surface area contributed by atoms with Crippen molar-refractivity contribution in [1.82, 2.24) is 15.1 Å². The van der Waals surface area contributed by atoms with Gasteiger partial charge in [-0.3, -0.25) is 4.90 Å². The van der Waals surface area contributed by atoms with Crippen LogP contribution in [0.1, 0.15) is 37.9 Å². The number of likely N-dealkylation sites (tertiary alicyclic amines) is 1. The molecule has 0 radical (unpaired) electrons. The van der Waals surface area contributed by atoms with Crippen LogP contribution < -0.4 is 4.74 Å². The summed E-state index contributed by atoms with van der Waals surface area (Å²) in [4.78, 5) is 2.46. The first-order chi connectivity index (χ1) is 8.26. The van der Waals surface area contributed by atoms with Crippen molar-refractivity contribution in [3.05, 3.63) is 16.2 Å². The number of halogens is 1. The molecule has 0 bridgehead atoms. The highest BCUT2D eigenvalue weighted by molar-refractivity contribution is 9.10. The summed E-state index contributed by atoms with van der Waals surface area (Å²) < 4.78 is 5.99. The number of piperidine rings is 1. The lowest BCUT2D eigenvalue weighted by Gasteiger charge is -2.34. The molecule has 1 unspecified atom stereocenters. The van der Waals surface area contributed by atoms with Gasteiger partial charge >= 0.3 is 0 Å². The van der Waals surface area contributed by atoms with Gasteiger partial charge in [-0.25, -0.2) is 0 Å². The van der Waals surface area contributed by atoms with Crippen LogP contribution in [0.4, 0.5) is 0 Å². The van der Waals surface area contributed by atoms with Gasteiger partial charge in [-0.15, -0.1) is 5.10 Å². The van der Waals surface area contributed by atoms with E-state index >= 15 is 0 Å². The van der Waals surface area contributed by atoms with Gasteiger partial charge in [-0.2, -0.15) is 5.10 Å². The maximum absolute atomic E-state index is 5.11. The van der Waals surface area contributed by atoms with Crippen molar-refractivity contribution in [2.24, 2.45) is 0 Å². The fraction of sp³-hybridized carbons (Fsp3) is 0.667. The number of rotatable bonds is 3. The molecular weight excluding hydrogens is 282 g/mol. The van der Waals surface area contributed by atoms with E-state index in [-0.39, 0.29) is 0 Å². The Labute approximate surface area is 110 Å². The second-order valence-corrected chi connectivity index (χ2v) is 5.12.